The number of Topliss-reactive ketones (excluding diaryl/α,β-unsaturated/α-hetero) is 3. The maximum absolute atomic E-state index is 12.9. The van der Waals surface area contributed by atoms with Crippen LogP contribution in [0.1, 0.15) is 60.8 Å². The van der Waals surface area contributed by atoms with Crippen molar-refractivity contribution in [3.8, 4) is 0 Å². The van der Waals surface area contributed by atoms with Crippen LogP contribution in [0.15, 0.2) is 23.3 Å². The smallest absolute Gasteiger partial charge is 0.185 e. The summed E-state index contributed by atoms with van der Waals surface area (Å²) < 4.78 is 0. The van der Waals surface area contributed by atoms with E-state index in [1.807, 2.05) is 41.5 Å². The highest BCUT2D eigenvalue weighted by Gasteiger charge is 2.63. The van der Waals surface area contributed by atoms with Gasteiger partial charge in [0.15, 0.2) is 23.0 Å². The van der Waals surface area contributed by atoms with E-state index in [2.05, 4.69) is 0 Å². The van der Waals surface area contributed by atoms with Gasteiger partial charge in [-0.25, -0.2) is 0 Å². The summed E-state index contributed by atoms with van der Waals surface area (Å²) in [6, 6.07) is 0. The standard InChI is InChI=1S/C21H32O5/c1-12(2)7-9-15-19(24)18(16(22)11-14(5)6)20(25)21(15,26)17(23)10-8-13(3)4/h7-8,14-15,17-18,23,26H,9-11H2,1-6H3/t15-,17+,18?,21-/m1/s1. The second kappa shape index (κ2) is 8.87. The zero-order chi connectivity index (χ0) is 20.2. The minimum Gasteiger partial charge on any atom is -0.389 e. The molecule has 0 aliphatic heterocycles. The molecule has 1 aliphatic rings. The van der Waals surface area contributed by atoms with Gasteiger partial charge in [0.1, 0.15) is 5.92 Å². The van der Waals surface area contributed by atoms with Gasteiger partial charge in [0.05, 0.1) is 12.0 Å². The summed E-state index contributed by atoms with van der Waals surface area (Å²) in [5, 5.41) is 21.7. The summed E-state index contributed by atoms with van der Waals surface area (Å²) in [6.07, 6.45) is 2.30. The fourth-order valence-corrected chi connectivity index (χ4v) is 3.35. The summed E-state index contributed by atoms with van der Waals surface area (Å²) >= 11 is 0. The molecule has 5 nitrogen and oxygen atoms in total. The van der Waals surface area contributed by atoms with Crippen LogP contribution < -0.4 is 0 Å². The first kappa shape index (κ1) is 22.5. The van der Waals surface area contributed by atoms with E-state index in [1.165, 1.54) is 0 Å². The maximum atomic E-state index is 12.9. The molecule has 0 aromatic carbocycles. The van der Waals surface area contributed by atoms with Crippen LogP contribution >= 0.6 is 0 Å². The highest BCUT2D eigenvalue weighted by Crippen LogP contribution is 2.41. The van der Waals surface area contributed by atoms with Crippen molar-refractivity contribution in [1.82, 2.24) is 0 Å². The third-order valence-corrected chi connectivity index (χ3v) is 4.77. The topological polar surface area (TPSA) is 91.7 Å². The van der Waals surface area contributed by atoms with Crippen LogP contribution in [0.5, 0.6) is 0 Å². The Morgan fingerprint density at radius 3 is 2.12 bits per heavy atom. The Hall–Kier alpha value is -1.59. The van der Waals surface area contributed by atoms with Crippen LogP contribution in [-0.4, -0.2) is 39.3 Å². The molecular weight excluding hydrogens is 332 g/mol. The monoisotopic (exact) mass is 364 g/mol. The van der Waals surface area contributed by atoms with E-state index >= 15 is 0 Å². The fourth-order valence-electron chi connectivity index (χ4n) is 3.35. The zero-order valence-electron chi connectivity index (χ0n) is 16.7. The Balaban J connectivity index is 3.30. The van der Waals surface area contributed by atoms with Gasteiger partial charge in [-0.15, -0.1) is 0 Å². The van der Waals surface area contributed by atoms with E-state index in [9.17, 15) is 24.6 Å². The first-order chi connectivity index (χ1) is 11.9. The second-order valence-electron chi connectivity index (χ2n) is 8.19. The molecule has 4 atom stereocenters. The third-order valence-electron chi connectivity index (χ3n) is 4.77. The van der Waals surface area contributed by atoms with Gasteiger partial charge in [0.2, 0.25) is 0 Å². The minimum atomic E-state index is -2.23. The van der Waals surface area contributed by atoms with Crippen molar-refractivity contribution in [3.63, 3.8) is 0 Å². The van der Waals surface area contributed by atoms with Gasteiger partial charge in [0, 0.05) is 6.42 Å². The van der Waals surface area contributed by atoms with Crippen LogP contribution in [0.3, 0.4) is 0 Å². The van der Waals surface area contributed by atoms with Gasteiger partial charge < -0.3 is 10.2 Å². The summed E-state index contributed by atoms with van der Waals surface area (Å²) in [5.74, 6) is -4.47. The number of hydrogen-bond acceptors (Lipinski definition) is 5. The van der Waals surface area contributed by atoms with Gasteiger partial charge in [-0.05, 0) is 46.5 Å². The van der Waals surface area contributed by atoms with Crippen LogP contribution in [0.2, 0.25) is 0 Å². The summed E-state index contributed by atoms with van der Waals surface area (Å²) in [4.78, 5) is 38.2. The van der Waals surface area contributed by atoms with Crippen molar-refractivity contribution >= 4 is 17.3 Å². The largest absolute Gasteiger partial charge is 0.389 e. The van der Waals surface area contributed by atoms with Crippen LogP contribution in [0.4, 0.5) is 0 Å². The molecule has 0 amide bonds. The number of ketones is 3. The summed E-state index contributed by atoms with van der Waals surface area (Å²) in [5.41, 5.74) is -0.368. The van der Waals surface area contributed by atoms with Crippen molar-refractivity contribution in [1.29, 1.82) is 0 Å². The molecular formula is C21H32O5. The quantitative estimate of drug-likeness (QED) is 0.510. The lowest BCUT2D eigenvalue weighted by atomic mass is 9.80. The molecule has 2 N–H and O–H groups in total. The molecule has 0 heterocycles. The van der Waals surface area contributed by atoms with E-state index in [1.54, 1.807) is 12.2 Å². The van der Waals surface area contributed by atoms with Gasteiger partial charge in [0.25, 0.3) is 0 Å². The summed E-state index contributed by atoms with van der Waals surface area (Å²) in [7, 11) is 0. The zero-order valence-corrected chi connectivity index (χ0v) is 16.7. The van der Waals surface area contributed by atoms with Crippen LogP contribution in [0, 0.1) is 17.8 Å². The fraction of sp³-hybridized carbons (Fsp3) is 0.667. The van der Waals surface area contributed by atoms with Crippen molar-refractivity contribution in [2.24, 2.45) is 17.8 Å². The Morgan fingerprint density at radius 1 is 1.12 bits per heavy atom. The molecule has 1 saturated carbocycles. The van der Waals surface area contributed by atoms with E-state index < -0.39 is 40.9 Å². The average Bonchev–Trinajstić information content (AvgIpc) is 2.69. The lowest BCUT2D eigenvalue weighted by Crippen LogP contribution is -2.52. The molecule has 1 rings (SSSR count). The number of allylic oxidation sites excluding steroid dienone is 3. The predicted molar refractivity (Wildman–Crippen MR) is 101 cm³/mol. The predicted octanol–water partition coefficient (Wildman–Crippen LogP) is 2.79. The maximum Gasteiger partial charge on any atom is 0.185 e. The van der Waals surface area contributed by atoms with E-state index in [4.69, 9.17) is 0 Å². The first-order valence-electron chi connectivity index (χ1n) is 9.20. The van der Waals surface area contributed by atoms with Gasteiger partial charge in [-0.3, -0.25) is 14.4 Å². The molecule has 0 bridgehead atoms. The highest BCUT2D eigenvalue weighted by atomic mass is 16.4. The van der Waals surface area contributed by atoms with E-state index in [0.717, 1.165) is 11.1 Å². The molecule has 0 aromatic heterocycles. The molecule has 1 unspecified atom stereocenters. The Morgan fingerprint density at radius 2 is 1.65 bits per heavy atom. The number of aliphatic hydroxyl groups excluding tert-OH is 1. The number of rotatable bonds is 8. The lowest BCUT2D eigenvalue weighted by Gasteiger charge is -2.31. The van der Waals surface area contributed by atoms with Gasteiger partial charge >= 0.3 is 0 Å². The number of aliphatic hydroxyl groups is 2. The molecule has 0 radical (unpaired) electrons. The van der Waals surface area contributed by atoms with Crippen molar-refractivity contribution in [2.75, 3.05) is 0 Å². The molecule has 26 heavy (non-hydrogen) atoms. The SMILES string of the molecule is CC(C)=CC[C@@H]1C(=O)C(C(=O)CC(C)C)C(=O)[C@]1(O)[C@@H](O)CC=C(C)C. The average molecular weight is 364 g/mol. The number of carbonyl (C=O) groups is 3. The van der Waals surface area contributed by atoms with Gasteiger partial charge in [-0.1, -0.05) is 37.1 Å². The Kier molecular flexibility index (Phi) is 7.66. The normalized spacial score (nSPS) is 26.8. The Labute approximate surface area is 156 Å². The highest BCUT2D eigenvalue weighted by molar-refractivity contribution is 6.27. The molecule has 0 spiro atoms. The van der Waals surface area contributed by atoms with Crippen molar-refractivity contribution < 1.29 is 24.6 Å². The first-order valence-corrected chi connectivity index (χ1v) is 9.20. The van der Waals surface area contributed by atoms with Crippen molar-refractivity contribution in [3.05, 3.63) is 23.3 Å². The number of hydrogen-bond donors (Lipinski definition) is 2. The van der Waals surface area contributed by atoms with E-state index in [-0.39, 0.29) is 25.2 Å². The molecule has 5 heteroatoms. The minimum absolute atomic E-state index is 0.00335. The second-order valence-corrected chi connectivity index (χ2v) is 8.19. The third kappa shape index (κ3) is 4.77. The number of carbonyl (C=O) groups excluding carboxylic acids is 3. The van der Waals surface area contributed by atoms with Crippen LogP contribution in [0.25, 0.3) is 0 Å². The summed E-state index contributed by atoms with van der Waals surface area (Å²) in [6.45, 7) is 11.0. The van der Waals surface area contributed by atoms with Gasteiger partial charge in [-0.2, -0.15) is 0 Å². The van der Waals surface area contributed by atoms with Crippen LogP contribution in [-0.2, 0) is 14.4 Å². The molecule has 1 aliphatic carbocycles. The van der Waals surface area contributed by atoms with Crippen molar-refractivity contribution in [2.45, 2.75) is 72.5 Å². The molecule has 1 fully saturated rings. The lowest BCUT2D eigenvalue weighted by molar-refractivity contribution is -0.155. The molecule has 0 aromatic rings. The molecule has 146 valence electrons. The Bertz CT molecular complexity index is 620. The van der Waals surface area contributed by atoms with E-state index in [0.29, 0.717) is 0 Å². The molecule has 0 saturated heterocycles.